The lowest BCUT2D eigenvalue weighted by Crippen LogP contribution is -2.08. The first-order valence-electron chi connectivity index (χ1n) is 3.82. The van der Waals surface area contributed by atoms with Crippen LogP contribution in [0, 0.1) is 12.2 Å². The van der Waals surface area contributed by atoms with Gasteiger partial charge in [0.1, 0.15) is 12.5 Å². The largest absolute Gasteiger partial charge is 0.450 e. The van der Waals surface area contributed by atoms with Gasteiger partial charge in [-0.15, -0.1) is 0 Å². The summed E-state index contributed by atoms with van der Waals surface area (Å²) in [7, 11) is 0. The van der Waals surface area contributed by atoms with Crippen LogP contribution in [0.4, 0.5) is 0 Å². The van der Waals surface area contributed by atoms with Gasteiger partial charge in [0.2, 0.25) is 0 Å². The Bertz CT molecular complexity index is 128. The van der Waals surface area contributed by atoms with Crippen LogP contribution in [0.2, 0.25) is 0 Å². The molecule has 0 aromatic heterocycles. The predicted molar refractivity (Wildman–Crippen MR) is 36.5 cm³/mol. The van der Waals surface area contributed by atoms with Gasteiger partial charge < -0.3 is 9.47 Å². The molecule has 1 heterocycles. The monoisotopic (exact) mass is 139 g/mol. The molecule has 1 saturated carbocycles. The van der Waals surface area contributed by atoms with Crippen molar-refractivity contribution in [2.45, 2.75) is 25.7 Å². The normalized spacial score (nSPS) is 26.8. The Morgan fingerprint density at radius 3 is 2.30 bits per heavy atom. The molecule has 2 aliphatic rings. The molecule has 0 amide bonds. The van der Waals surface area contributed by atoms with Gasteiger partial charge in [0, 0.05) is 5.92 Å². The molecule has 2 nitrogen and oxygen atoms in total. The van der Waals surface area contributed by atoms with Crippen LogP contribution in [0.1, 0.15) is 25.7 Å². The minimum Gasteiger partial charge on any atom is -0.450 e. The van der Waals surface area contributed by atoms with Crippen molar-refractivity contribution in [3.8, 4) is 0 Å². The molecule has 10 heavy (non-hydrogen) atoms. The summed E-state index contributed by atoms with van der Waals surface area (Å²) >= 11 is 0. The van der Waals surface area contributed by atoms with Gasteiger partial charge in [0.25, 0.3) is 0 Å². The number of hydrogen-bond acceptors (Lipinski definition) is 2. The van der Waals surface area contributed by atoms with Gasteiger partial charge >= 0.3 is 6.29 Å². The molecule has 2 heteroatoms. The summed E-state index contributed by atoms with van der Waals surface area (Å²) in [5.41, 5.74) is 0. The SMILES string of the molecule is C1=CO[C](C2CCCC2)O1. The fourth-order valence-electron chi connectivity index (χ4n) is 1.57. The second-order valence-corrected chi connectivity index (χ2v) is 2.81. The average Bonchev–Trinajstić information content (AvgIpc) is 2.59. The van der Waals surface area contributed by atoms with Crippen LogP contribution in [-0.4, -0.2) is 0 Å². The van der Waals surface area contributed by atoms with Gasteiger partial charge in [-0.1, -0.05) is 12.8 Å². The standard InChI is InChI=1S/C8H11O2/c1-2-4-7(3-1)8-9-5-6-10-8/h5-7H,1-4H2. The quantitative estimate of drug-likeness (QED) is 0.554. The minimum absolute atomic E-state index is 0.565. The summed E-state index contributed by atoms with van der Waals surface area (Å²) in [6, 6.07) is 0. The van der Waals surface area contributed by atoms with E-state index in [1.54, 1.807) is 12.5 Å². The van der Waals surface area contributed by atoms with Crippen LogP contribution < -0.4 is 0 Å². The molecule has 0 N–H and O–H groups in total. The number of hydrogen-bond donors (Lipinski definition) is 0. The van der Waals surface area contributed by atoms with Crippen LogP contribution in [0.3, 0.4) is 0 Å². The van der Waals surface area contributed by atoms with Crippen molar-refractivity contribution < 1.29 is 9.47 Å². The van der Waals surface area contributed by atoms with E-state index < -0.39 is 0 Å². The van der Waals surface area contributed by atoms with Gasteiger partial charge in [0.05, 0.1) is 0 Å². The third-order valence-electron chi connectivity index (χ3n) is 2.11. The van der Waals surface area contributed by atoms with Gasteiger partial charge in [0.15, 0.2) is 0 Å². The van der Waals surface area contributed by atoms with E-state index in [0.29, 0.717) is 5.92 Å². The molecular weight excluding hydrogens is 128 g/mol. The zero-order chi connectivity index (χ0) is 6.81. The Morgan fingerprint density at radius 1 is 1.10 bits per heavy atom. The summed E-state index contributed by atoms with van der Waals surface area (Å²) in [5.74, 6) is 0.565. The smallest absolute Gasteiger partial charge is 0.331 e. The molecule has 0 saturated heterocycles. The molecule has 1 aliphatic carbocycles. The highest BCUT2D eigenvalue weighted by Gasteiger charge is 2.30. The van der Waals surface area contributed by atoms with Gasteiger partial charge in [-0.2, -0.15) is 0 Å². The van der Waals surface area contributed by atoms with Crippen LogP contribution in [0.5, 0.6) is 0 Å². The lowest BCUT2D eigenvalue weighted by atomic mass is 10.1. The van der Waals surface area contributed by atoms with Crippen molar-refractivity contribution in [3.63, 3.8) is 0 Å². The molecule has 1 fully saturated rings. The van der Waals surface area contributed by atoms with Gasteiger partial charge in [-0.05, 0) is 12.8 Å². The van der Waals surface area contributed by atoms with E-state index in [2.05, 4.69) is 0 Å². The van der Waals surface area contributed by atoms with Crippen molar-refractivity contribution in [1.82, 2.24) is 0 Å². The first kappa shape index (κ1) is 6.08. The molecule has 0 aromatic carbocycles. The van der Waals surface area contributed by atoms with Crippen LogP contribution in [0.25, 0.3) is 0 Å². The van der Waals surface area contributed by atoms with Crippen molar-refractivity contribution in [2.75, 3.05) is 0 Å². The van der Waals surface area contributed by atoms with E-state index in [9.17, 15) is 0 Å². The molecule has 2 rings (SSSR count). The molecule has 0 atom stereocenters. The van der Waals surface area contributed by atoms with Crippen molar-refractivity contribution in [1.29, 1.82) is 0 Å². The highest BCUT2D eigenvalue weighted by Crippen LogP contribution is 2.35. The van der Waals surface area contributed by atoms with Crippen molar-refractivity contribution in [2.24, 2.45) is 5.92 Å². The molecule has 0 unspecified atom stereocenters. The average molecular weight is 139 g/mol. The summed E-state index contributed by atoms with van der Waals surface area (Å²) < 4.78 is 10.3. The van der Waals surface area contributed by atoms with Crippen LogP contribution in [0.15, 0.2) is 12.5 Å². The molecule has 1 radical (unpaired) electrons. The first-order chi connectivity index (χ1) is 4.97. The summed E-state index contributed by atoms with van der Waals surface area (Å²) in [4.78, 5) is 0. The summed E-state index contributed by atoms with van der Waals surface area (Å²) in [5, 5.41) is 0. The van der Waals surface area contributed by atoms with Gasteiger partial charge in [-0.3, -0.25) is 0 Å². The predicted octanol–water partition coefficient (Wildman–Crippen LogP) is 2.18. The highest BCUT2D eigenvalue weighted by molar-refractivity contribution is 4.90. The lowest BCUT2D eigenvalue weighted by molar-refractivity contribution is 0.0495. The Morgan fingerprint density at radius 2 is 1.70 bits per heavy atom. The highest BCUT2D eigenvalue weighted by atomic mass is 16.7. The Hall–Kier alpha value is -0.660. The number of ether oxygens (including phenoxy) is 2. The lowest BCUT2D eigenvalue weighted by Gasteiger charge is -2.13. The minimum atomic E-state index is 0.565. The third kappa shape index (κ3) is 0.981. The fraction of sp³-hybridized carbons (Fsp3) is 0.625. The molecule has 1 aliphatic heterocycles. The fourth-order valence-corrected chi connectivity index (χ4v) is 1.57. The Labute approximate surface area is 60.8 Å². The first-order valence-corrected chi connectivity index (χ1v) is 3.82. The topological polar surface area (TPSA) is 18.5 Å². The zero-order valence-corrected chi connectivity index (χ0v) is 5.88. The Balaban J connectivity index is 1.87. The van der Waals surface area contributed by atoms with E-state index in [1.165, 1.54) is 25.7 Å². The van der Waals surface area contributed by atoms with Crippen molar-refractivity contribution in [3.05, 3.63) is 18.8 Å². The van der Waals surface area contributed by atoms with E-state index >= 15 is 0 Å². The summed E-state index contributed by atoms with van der Waals surface area (Å²) in [6.45, 7) is 0. The van der Waals surface area contributed by atoms with E-state index in [4.69, 9.17) is 9.47 Å². The molecule has 55 valence electrons. The van der Waals surface area contributed by atoms with E-state index in [1.807, 2.05) is 0 Å². The van der Waals surface area contributed by atoms with E-state index in [-0.39, 0.29) is 0 Å². The molecule has 0 spiro atoms. The second-order valence-electron chi connectivity index (χ2n) is 2.81. The Kier molecular flexibility index (Phi) is 1.53. The third-order valence-corrected chi connectivity index (χ3v) is 2.11. The molecule has 0 bridgehead atoms. The van der Waals surface area contributed by atoms with Crippen LogP contribution >= 0.6 is 0 Å². The van der Waals surface area contributed by atoms with Crippen molar-refractivity contribution >= 4 is 0 Å². The van der Waals surface area contributed by atoms with E-state index in [0.717, 1.165) is 6.29 Å². The molecular formula is C8H11O2. The zero-order valence-electron chi connectivity index (χ0n) is 5.88. The second kappa shape index (κ2) is 2.52. The maximum atomic E-state index is 5.15. The summed E-state index contributed by atoms with van der Waals surface area (Å²) in [6.07, 6.45) is 9.13. The van der Waals surface area contributed by atoms with Gasteiger partial charge in [-0.25, -0.2) is 0 Å². The maximum Gasteiger partial charge on any atom is 0.331 e. The van der Waals surface area contributed by atoms with Crippen LogP contribution in [-0.2, 0) is 9.47 Å². The number of rotatable bonds is 1. The maximum absolute atomic E-state index is 5.15. The molecule has 0 aromatic rings.